The van der Waals surface area contributed by atoms with Crippen LogP contribution in [0.15, 0.2) is 54.6 Å². The molecule has 0 unspecified atom stereocenters. The van der Waals surface area contributed by atoms with Crippen molar-refractivity contribution in [2.24, 2.45) is 0 Å². The molecule has 39 heavy (non-hydrogen) atoms. The van der Waals surface area contributed by atoms with E-state index in [1.807, 2.05) is 25.1 Å². The Morgan fingerprint density at radius 1 is 0.359 bits per heavy atom. The summed E-state index contributed by atoms with van der Waals surface area (Å²) >= 11 is 0. The topological polar surface area (TPSA) is 55.4 Å². The lowest BCUT2D eigenvalue weighted by atomic mass is 9.93. The zero-order valence-electron chi connectivity index (χ0n) is 23.1. The van der Waals surface area contributed by atoms with Gasteiger partial charge in [0.15, 0.2) is 0 Å². The van der Waals surface area contributed by atoms with Crippen LogP contribution in [0.4, 0.5) is 0 Å². The first kappa shape index (κ1) is 24.7. The molecule has 6 nitrogen and oxygen atoms in total. The lowest BCUT2D eigenvalue weighted by molar-refractivity contribution is 0.408. The summed E-state index contributed by atoms with van der Waals surface area (Å²) in [7, 11) is 10.1. The Morgan fingerprint density at radius 2 is 0.718 bits per heavy atom. The molecule has 0 aliphatic rings. The van der Waals surface area contributed by atoms with Gasteiger partial charge in [0.2, 0.25) is 0 Å². The Bertz CT molecular complexity index is 1940. The van der Waals surface area contributed by atoms with Crippen LogP contribution in [-0.4, -0.2) is 42.7 Å². The van der Waals surface area contributed by atoms with Crippen molar-refractivity contribution in [3.63, 3.8) is 0 Å². The fraction of sp³-hybridized carbons (Fsp3) is 0.212. The van der Waals surface area contributed by atoms with E-state index in [2.05, 4.69) is 36.4 Å². The zero-order chi connectivity index (χ0) is 27.4. The molecule has 6 rings (SSSR count). The Kier molecular flexibility index (Phi) is 5.91. The molecule has 0 atom stereocenters. The van der Waals surface area contributed by atoms with Crippen molar-refractivity contribution in [1.29, 1.82) is 0 Å². The fourth-order valence-corrected chi connectivity index (χ4v) is 5.91. The Hall–Kier alpha value is -4.58. The summed E-state index contributed by atoms with van der Waals surface area (Å²) in [5.74, 6) is 4.70. The maximum Gasteiger partial charge on any atom is 0.134 e. The normalized spacial score (nSPS) is 11.5. The van der Waals surface area contributed by atoms with Gasteiger partial charge in [-0.15, -0.1) is 0 Å². The lowest BCUT2D eigenvalue weighted by Gasteiger charge is -2.19. The summed E-state index contributed by atoms with van der Waals surface area (Å²) in [6.07, 6.45) is 0. The van der Waals surface area contributed by atoms with E-state index in [1.165, 1.54) is 0 Å². The van der Waals surface area contributed by atoms with Gasteiger partial charge in [-0.05, 0) is 77.9 Å². The number of methoxy groups -OCH3 is 6. The number of hydrogen-bond donors (Lipinski definition) is 0. The Balaban J connectivity index is 1.80. The van der Waals surface area contributed by atoms with Crippen molar-refractivity contribution in [3.8, 4) is 34.5 Å². The van der Waals surface area contributed by atoms with Crippen LogP contribution >= 0.6 is 0 Å². The van der Waals surface area contributed by atoms with Gasteiger partial charge in [-0.1, -0.05) is 0 Å². The standard InChI is InChI=1S/C33H30O6/c1-17-10-30(36-4)22-15-26-27(16-25(22)31(17)37-5)33(39-7)24-14-19-12-21-20(28(34-2)8-9-29(21)35-3)11-18(19)13-23(24)32(26)38-6/h8-16H,1-7H3. The van der Waals surface area contributed by atoms with Gasteiger partial charge < -0.3 is 28.4 Å². The third-order valence-electron chi connectivity index (χ3n) is 7.65. The van der Waals surface area contributed by atoms with Gasteiger partial charge in [0.1, 0.15) is 34.5 Å². The van der Waals surface area contributed by atoms with E-state index < -0.39 is 0 Å². The highest BCUT2D eigenvalue weighted by molar-refractivity contribution is 6.19. The largest absolute Gasteiger partial charge is 0.496 e. The van der Waals surface area contributed by atoms with E-state index >= 15 is 0 Å². The molecule has 0 aliphatic carbocycles. The van der Waals surface area contributed by atoms with Gasteiger partial charge in [0.05, 0.1) is 42.7 Å². The molecule has 6 aromatic carbocycles. The first-order valence-electron chi connectivity index (χ1n) is 12.6. The van der Waals surface area contributed by atoms with E-state index in [0.717, 1.165) is 93.9 Å². The van der Waals surface area contributed by atoms with Crippen LogP contribution in [0.1, 0.15) is 5.56 Å². The van der Waals surface area contributed by atoms with E-state index in [-0.39, 0.29) is 0 Å². The molecule has 0 N–H and O–H groups in total. The van der Waals surface area contributed by atoms with Crippen LogP contribution in [0, 0.1) is 6.92 Å². The van der Waals surface area contributed by atoms with E-state index in [9.17, 15) is 0 Å². The predicted octanol–water partition coefficient (Wildman–Crippen LogP) is 7.81. The Labute approximate surface area is 226 Å². The van der Waals surface area contributed by atoms with E-state index in [0.29, 0.717) is 0 Å². The van der Waals surface area contributed by atoms with Gasteiger partial charge in [0, 0.05) is 43.1 Å². The average molecular weight is 523 g/mol. The molecular formula is C33H30O6. The third kappa shape index (κ3) is 3.55. The number of rotatable bonds is 6. The van der Waals surface area contributed by atoms with Gasteiger partial charge >= 0.3 is 0 Å². The van der Waals surface area contributed by atoms with Crippen molar-refractivity contribution in [3.05, 3.63) is 60.2 Å². The molecule has 0 saturated carbocycles. The maximum absolute atomic E-state index is 6.09. The molecule has 0 aromatic heterocycles. The molecule has 6 aromatic rings. The predicted molar refractivity (Wildman–Crippen MR) is 158 cm³/mol. The summed E-state index contributed by atoms with van der Waals surface area (Å²) < 4.78 is 35.1. The minimum atomic E-state index is 0.767. The van der Waals surface area contributed by atoms with Gasteiger partial charge in [-0.3, -0.25) is 0 Å². The first-order valence-corrected chi connectivity index (χ1v) is 12.6. The van der Waals surface area contributed by atoms with Gasteiger partial charge in [-0.2, -0.15) is 0 Å². The average Bonchev–Trinajstić information content (AvgIpc) is 2.96. The van der Waals surface area contributed by atoms with Crippen LogP contribution in [-0.2, 0) is 0 Å². The van der Waals surface area contributed by atoms with Crippen molar-refractivity contribution in [2.45, 2.75) is 6.92 Å². The molecule has 0 bridgehead atoms. The molecule has 0 fully saturated rings. The van der Waals surface area contributed by atoms with Crippen LogP contribution in [0.2, 0.25) is 0 Å². The molecule has 0 saturated heterocycles. The van der Waals surface area contributed by atoms with E-state index in [4.69, 9.17) is 28.4 Å². The minimum Gasteiger partial charge on any atom is -0.496 e. The van der Waals surface area contributed by atoms with Crippen molar-refractivity contribution >= 4 is 53.9 Å². The third-order valence-corrected chi connectivity index (χ3v) is 7.65. The molecular weight excluding hydrogens is 492 g/mol. The number of fused-ring (bicyclic) bond motifs is 5. The summed E-state index contributed by atoms with van der Waals surface area (Å²) in [4.78, 5) is 0. The fourth-order valence-electron chi connectivity index (χ4n) is 5.91. The lowest BCUT2D eigenvalue weighted by Crippen LogP contribution is -1.96. The zero-order valence-corrected chi connectivity index (χ0v) is 23.1. The second-order valence-corrected chi connectivity index (χ2v) is 9.55. The summed E-state index contributed by atoms with van der Waals surface area (Å²) in [5, 5.41) is 9.72. The molecule has 6 heteroatoms. The number of aryl methyl sites for hydroxylation is 1. The molecule has 0 spiro atoms. The minimum absolute atomic E-state index is 0.767. The number of benzene rings is 6. The summed E-state index contributed by atoms with van der Waals surface area (Å²) in [5.41, 5.74) is 0.996. The molecule has 0 aliphatic heterocycles. The number of ether oxygens (including phenoxy) is 6. The first-order chi connectivity index (χ1) is 19.0. The SMILES string of the molecule is COc1ccc(OC)c2cc3cc4c(OC)c5cc6c(OC)c(C)cc(OC)c6cc5c(OC)c4cc3cc12. The van der Waals surface area contributed by atoms with Crippen LogP contribution in [0.5, 0.6) is 34.5 Å². The second kappa shape index (κ2) is 9.31. The highest BCUT2D eigenvalue weighted by Gasteiger charge is 2.21. The highest BCUT2D eigenvalue weighted by Crippen LogP contribution is 2.48. The Morgan fingerprint density at radius 3 is 1.15 bits per heavy atom. The smallest absolute Gasteiger partial charge is 0.134 e. The number of hydrogen-bond acceptors (Lipinski definition) is 6. The van der Waals surface area contributed by atoms with E-state index in [1.54, 1.807) is 42.7 Å². The highest BCUT2D eigenvalue weighted by atomic mass is 16.5. The monoisotopic (exact) mass is 522 g/mol. The molecule has 0 radical (unpaired) electrons. The maximum atomic E-state index is 6.09. The molecule has 0 amide bonds. The van der Waals surface area contributed by atoms with Crippen molar-refractivity contribution in [2.75, 3.05) is 42.7 Å². The molecule has 198 valence electrons. The van der Waals surface area contributed by atoms with Crippen LogP contribution < -0.4 is 28.4 Å². The summed E-state index contributed by atoms with van der Waals surface area (Å²) in [6, 6.07) is 18.7. The quantitative estimate of drug-likeness (QED) is 0.208. The van der Waals surface area contributed by atoms with Crippen LogP contribution in [0.3, 0.4) is 0 Å². The summed E-state index contributed by atoms with van der Waals surface area (Å²) in [6.45, 7) is 2.02. The second-order valence-electron chi connectivity index (χ2n) is 9.55. The van der Waals surface area contributed by atoms with Crippen molar-refractivity contribution in [1.82, 2.24) is 0 Å². The van der Waals surface area contributed by atoms with Gasteiger partial charge in [0.25, 0.3) is 0 Å². The van der Waals surface area contributed by atoms with Crippen LogP contribution in [0.25, 0.3) is 53.9 Å². The van der Waals surface area contributed by atoms with Gasteiger partial charge in [-0.25, -0.2) is 0 Å². The van der Waals surface area contributed by atoms with Crippen molar-refractivity contribution < 1.29 is 28.4 Å². The molecule has 0 heterocycles.